The van der Waals surface area contributed by atoms with Gasteiger partial charge in [0, 0.05) is 23.1 Å². The predicted molar refractivity (Wildman–Crippen MR) is 76.7 cm³/mol. The molecule has 2 rings (SSSR count). The molecule has 98 valence electrons. The first-order valence-electron chi connectivity index (χ1n) is 6.11. The van der Waals surface area contributed by atoms with Crippen LogP contribution in [-0.4, -0.2) is 19.1 Å². The molecule has 0 spiro atoms. The normalized spacial score (nSPS) is 11.4. The van der Waals surface area contributed by atoms with Crippen molar-refractivity contribution < 1.29 is 4.74 Å². The fourth-order valence-electron chi connectivity index (χ4n) is 2.29. The predicted octanol–water partition coefficient (Wildman–Crippen LogP) is 3.67. The third-order valence-electron chi connectivity index (χ3n) is 3.14. The number of rotatable bonds is 4. The molecule has 0 bridgehead atoms. The third kappa shape index (κ3) is 2.20. The number of ether oxygens (including phenoxy) is 1. The standard InChI is InChI=1S/C14H19ClN2O/c1-8(2)14-10(7-16-3)9-5-13(18-4)11(15)6-12(9)17-14/h5-6,8,16-17H,7H2,1-4H3. The quantitative estimate of drug-likeness (QED) is 0.886. The SMILES string of the molecule is CNCc1c(C(C)C)[nH]c2cc(Cl)c(OC)cc12. The molecule has 18 heavy (non-hydrogen) atoms. The van der Waals surface area contributed by atoms with Gasteiger partial charge in [0.1, 0.15) is 5.75 Å². The van der Waals surface area contributed by atoms with Gasteiger partial charge < -0.3 is 15.0 Å². The average molecular weight is 267 g/mol. The molecular weight excluding hydrogens is 248 g/mol. The maximum absolute atomic E-state index is 6.16. The zero-order valence-corrected chi connectivity index (χ0v) is 12.0. The number of H-pyrrole nitrogens is 1. The van der Waals surface area contributed by atoms with Crippen molar-refractivity contribution in [1.29, 1.82) is 0 Å². The van der Waals surface area contributed by atoms with Crippen molar-refractivity contribution in [2.75, 3.05) is 14.2 Å². The zero-order valence-electron chi connectivity index (χ0n) is 11.2. The number of halogens is 1. The summed E-state index contributed by atoms with van der Waals surface area (Å²) < 4.78 is 5.29. The second-order valence-electron chi connectivity index (χ2n) is 4.73. The van der Waals surface area contributed by atoms with E-state index in [0.29, 0.717) is 10.9 Å². The average Bonchev–Trinajstić information content (AvgIpc) is 2.67. The highest BCUT2D eigenvalue weighted by atomic mass is 35.5. The van der Waals surface area contributed by atoms with Crippen molar-refractivity contribution in [2.45, 2.75) is 26.3 Å². The number of benzene rings is 1. The van der Waals surface area contributed by atoms with Crippen molar-refractivity contribution in [3.8, 4) is 5.75 Å². The number of methoxy groups -OCH3 is 1. The van der Waals surface area contributed by atoms with Crippen molar-refractivity contribution >= 4 is 22.5 Å². The van der Waals surface area contributed by atoms with Crippen LogP contribution >= 0.6 is 11.6 Å². The molecule has 0 aliphatic rings. The van der Waals surface area contributed by atoms with E-state index in [2.05, 4.69) is 24.1 Å². The number of nitrogens with one attached hydrogen (secondary N) is 2. The van der Waals surface area contributed by atoms with Crippen molar-refractivity contribution in [1.82, 2.24) is 10.3 Å². The molecule has 1 aromatic carbocycles. The Morgan fingerprint density at radius 2 is 2.11 bits per heavy atom. The highest BCUT2D eigenvalue weighted by Gasteiger charge is 2.15. The molecule has 2 aromatic rings. The molecule has 0 aliphatic carbocycles. The zero-order chi connectivity index (χ0) is 13.3. The minimum atomic E-state index is 0.450. The van der Waals surface area contributed by atoms with E-state index in [1.54, 1.807) is 7.11 Å². The van der Waals surface area contributed by atoms with E-state index in [1.807, 2.05) is 19.2 Å². The summed E-state index contributed by atoms with van der Waals surface area (Å²) in [6.07, 6.45) is 0. The summed E-state index contributed by atoms with van der Waals surface area (Å²) in [5.41, 5.74) is 3.61. The highest BCUT2D eigenvalue weighted by molar-refractivity contribution is 6.32. The van der Waals surface area contributed by atoms with Gasteiger partial charge in [-0.05, 0) is 30.7 Å². The molecule has 0 unspecified atom stereocenters. The summed E-state index contributed by atoms with van der Waals surface area (Å²) in [4.78, 5) is 3.46. The largest absolute Gasteiger partial charge is 0.495 e. The Bertz CT molecular complexity index is 560. The Balaban J connectivity index is 2.69. The summed E-state index contributed by atoms with van der Waals surface area (Å²) in [7, 11) is 3.59. The van der Waals surface area contributed by atoms with Gasteiger partial charge in [0.15, 0.2) is 0 Å². The van der Waals surface area contributed by atoms with Crippen LogP contribution in [0.1, 0.15) is 31.0 Å². The van der Waals surface area contributed by atoms with Crippen LogP contribution in [-0.2, 0) is 6.54 Å². The van der Waals surface area contributed by atoms with Gasteiger partial charge in [0.05, 0.1) is 12.1 Å². The fourth-order valence-corrected chi connectivity index (χ4v) is 2.53. The molecule has 0 atom stereocenters. The van der Waals surface area contributed by atoms with E-state index < -0.39 is 0 Å². The van der Waals surface area contributed by atoms with Crippen LogP contribution in [0.15, 0.2) is 12.1 Å². The van der Waals surface area contributed by atoms with Crippen LogP contribution in [0.4, 0.5) is 0 Å². The van der Waals surface area contributed by atoms with Crippen LogP contribution in [0.25, 0.3) is 10.9 Å². The van der Waals surface area contributed by atoms with Gasteiger partial charge in [-0.3, -0.25) is 0 Å². The van der Waals surface area contributed by atoms with Gasteiger partial charge in [-0.2, -0.15) is 0 Å². The molecule has 0 fully saturated rings. The molecular formula is C14H19ClN2O. The van der Waals surface area contributed by atoms with Gasteiger partial charge in [-0.1, -0.05) is 25.4 Å². The van der Waals surface area contributed by atoms with Crippen LogP contribution in [0.2, 0.25) is 5.02 Å². The van der Waals surface area contributed by atoms with Crippen LogP contribution in [0, 0.1) is 0 Å². The lowest BCUT2D eigenvalue weighted by Gasteiger charge is -2.07. The Morgan fingerprint density at radius 1 is 1.39 bits per heavy atom. The Morgan fingerprint density at radius 3 is 2.67 bits per heavy atom. The lowest BCUT2D eigenvalue weighted by atomic mass is 10.0. The highest BCUT2D eigenvalue weighted by Crippen LogP contribution is 2.34. The smallest absolute Gasteiger partial charge is 0.138 e. The maximum Gasteiger partial charge on any atom is 0.138 e. The van der Waals surface area contributed by atoms with E-state index in [-0.39, 0.29) is 0 Å². The van der Waals surface area contributed by atoms with E-state index in [9.17, 15) is 0 Å². The maximum atomic E-state index is 6.16. The minimum absolute atomic E-state index is 0.450. The van der Waals surface area contributed by atoms with E-state index in [4.69, 9.17) is 16.3 Å². The lowest BCUT2D eigenvalue weighted by molar-refractivity contribution is 0.415. The monoisotopic (exact) mass is 266 g/mol. The third-order valence-corrected chi connectivity index (χ3v) is 3.44. The van der Waals surface area contributed by atoms with Gasteiger partial charge in [0.2, 0.25) is 0 Å². The van der Waals surface area contributed by atoms with E-state index in [0.717, 1.165) is 17.8 Å². The number of aromatic nitrogens is 1. The Kier molecular flexibility index (Phi) is 3.83. The molecule has 1 heterocycles. The fraction of sp³-hybridized carbons (Fsp3) is 0.429. The summed E-state index contributed by atoms with van der Waals surface area (Å²) >= 11 is 6.16. The number of aromatic amines is 1. The molecule has 4 heteroatoms. The lowest BCUT2D eigenvalue weighted by Crippen LogP contribution is -2.07. The Hall–Kier alpha value is -1.19. The molecule has 0 aliphatic heterocycles. The minimum Gasteiger partial charge on any atom is -0.495 e. The number of hydrogen-bond donors (Lipinski definition) is 2. The summed E-state index contributed by atoms with van der Waals surface area (Å²) in [5.74, 6) is 1.17. The molecule has 0 radical (unpaired) electrons. The van der Waals surface area contributed by atoms with Crippen molar-refractivity contribution in [3.05, 3.63) is 28.4 Å². The summed E-state index contributed by atoms with van der Waals surface area (Å²) in [5, 5.41) is 5.03. The van der Waals surface area contributed by atoms with E-state index >= 15 is 0 Å². The van der Waals surface area contributed by atoms with Gasteiger partial charge in [-0.25, -0.2) is 0 Å². The first kappa shape index (κ1) is 13.2. The first-order chi connectivity index (χ1) is 8.58. The van der Waals surface area contributed by atoms with Gasteiger partial charge >= 0.3 is 0 Å². The molecule has 3 nitrogen and oxygen atoms in total. The van der Waals surface area contributed by atoms with Crippen LogP contribution in [0.5, 0.6) is 5.75 Å². The first-order valence-corrected chi connectivity index (χ1v) is 6.48. The van der Waals surface area contributed by atoms with E-state index in [1.165, 1.54) is 16.6 Å². The second kappa shape index (κ2) is 5.21. The van der Waals surface area contributed by atoms with Gasteiger partial charge in [-0.15, -0.1) is 0 Å². The molecule has 0 saturated heterocycles. The summed E-state index contributed by atoms with van der Waals surface area (Å²) in [6.45, 7) is 5.20. The number of fused-ring (bicyclic) bond motifs is 1. The molecule has 0 saturated carbocycles. The molecule has 2 N–H and O–H groups in total. The van der Waals surface area contributed by atoms with Crippen molar-refractivity contribution in [3.63, 3.8) is 0 Å². The topological polar surface area (TPSA) is 37.0 Å². The molecule has 1 aromatic heterocycles. The molecule has 0 amide bonds. The second-order valence-corrected chi connectivity index (χ2v) is 5.14. The van der Waals surface area contributed by atoms with Crippen LogP contribution in [0.3, 0.4) is 0 Å². The number of hydrogen-bond acceptors (Lipinski definition) is 2. The summed E-state index contributed by atoms with van der Waals surface area (Å²) in [6, 6.07) is 3.94. The van der Waals surface area contributed by atoms with Gasteiger partial charge in [0.25, 0.3) is 0 Å². The van der Waals surface area contributed by atoms with Crippen molar-refractivity contribution in [2.24, 2.45) is 0 Å². The Labute approximate surface area is 112 Å². The van der Waals surface area contributed by atoms with Crippen LogP contribution < -0.4 is 10.1 Å².